The van der Waals surface area contributed by atoms with E-state index in [4.69, 9.17) is 4.52 Å². The predicted molar refractivity (Wildman–Crippen MR) is 69.4 cm³/mol. The number of aromatic nitrogens is 3. The van der Waals surface area contributed by atoms with Crippen LogP contribution >= 0.6 is 0 Å². The molecule has 0 bridgehead atoms. The van der Waals surface area contributed by atoms with E-state index in [1.807, 2.05) is 18.3 Å². The summed E-state index contributed by atoms with van der Waals surface area (Å²) in [5, 5.41) is 5.20. The van der Waals surface area contributed by atoms with Gasteiger partial charge >= 0.3 is 0 Å². The van der Waals surface area contributed by atoms with E-state index < -0.39 is 0 Å². The summed E-state index contributed by atoms with van der Waals surface area (Å²) >= 11 is 0. The fraction of sp³-hybridized carbons (Fsp3) is 0.286. The number of hydrogen-bond acceptors (Lipinski definition) is 3. The molecule has 3 aromatic rings. The predicted octanol–water partition coefficient (Wildman–Crippen LogP) is 3.20. The SMILES string of the molecule is CC(C)c1noc(Cn2ccc3ccccc32)n1. The maximum absolute atomic E-state index is 5.27. The Morgan fingerprint density at radius 2 is 2.06 bits per heavy atom. The number of nitrogens with zero attached hydrogens (tertiary/aromatic N) is 3. The highest BCUT2D eigenvalue weighted by Gasteiger charge is 2.10. The highest BCUT2D eigenvalue weighted by atomic mass is 16.5. The van der Waals surface area contributed by atoms with Crippen LogP contribution in [0.15, 0.2) is 41.1 Å². The Hall–Kier alpha value is -2.10. The zero-order chi connectivity index (χ0) is 12.5. The van der Waals surface area contributed by atoms with Crippen molar-refractivity contribution in [1.29, 1.82) is 0 Å². The number of fused-ring (bicyclic) bond motifs is 1. The van der Waals surface area contributed by atoms with E-state index >= 15 is 0 Å². The molecule has 0 amide bonds. The summed E-state index contributed by atoms with van der Waals surface area (Å²) in [6.45, 7) is 4.73. The number of rotatable bonds is 3. The molecule has 18 heavy (non-hydrogen) atoms. The summed E-state index contributed by atoms with van der Waals surface area (Å²) in [5.74, 6) is 1.71. The summed E-state index contributed by atoms with van der Waals surface area (Å²) in [5.41, 5.74) is 1.18. The zero-order valence-corrected chi connectivity index (χ0v) is 10.5. The molecule has 0 saturated carbocycles. The number of para-hydroxylation sites is 1. The number of hydrogen-bond donors (Lipinski definition) is 0. The fourth-order valence-corrected chi connectivity index (χ4v) is 1.99. The third-order valence-corrected chi connectivity index (χ3v) is 2.99. The van der Waals surface area contributed by atoms with Gasteiger partial charge in [0.05, 0.1) is 0 Å². The van der Waals surface area contributed by atoms with Gasteiger partial charge in [0, 0.05) is 17.6 Å². The summed E-state index contributed by atoms with van der Waals surface area (Å²) in [6, 6.07) is 10.4. The lowest BCUT2D eigenvalue weighted by Crippen LogP contribution is -1.98. The first kappa shape index (κ1) is 11.0. The van der Waals surface area contributed by atoms with Gasteiger partial charge in [-0.25, -0.2) is 0 Å². The van der Waals surface area contributed by atoms with Crippen molar-refractivity contribution in [3.63, 3.8) is 0 Å². The topological polar surface area (TPSA) is 43.9 Å². The van der Waals surface area contributed by atoms with Gasteiger partial charge in [0.1, 0.15) is 6.54 Å². The fourth-order valence-electron chi connectivity index (χ4n) is 1.99. The van der Waals surface area contributed by atoms with Gasteiger partial charge in [0.25, 0.3) is 0 Å². The van der Waals surface area contributed by atoms with E-state index in [0.717, 1.165) is 5.82 Å². The van der Waals surface area contributed by atoms with Gasteiger partial charge in [-0.15, -0.1) is 0 Å². The normalized spacial score (nSPS) is 11.5. The zero-order valence-electron chi connectivity index (χ0n) is 10.5. The molecule has 0 aliphatic rings. The summed E-state index contributed by atoms with van der Waals surface area (Å²) in [7, 11) is 0. The van der Waals surface area contributed by atoms with Gasteiger partial charge < -0.3 is 9.09 Å². The minimum atomic E-state index is 0.295. The summed E-state index contributed by atoms with van der Waals surface area (Å²) in [4.78, 5) is 4.39. The van der Waals surface area contributed by atoms with Crippen LogP contribution in [0.1, 0.15) is 31.5 Å². The van der Waals surface area contributed by atoms with Gasteiger partial charge in [0.15, 0.2) is 5.82 Å². The summed E-state index contributed by atoms with van der Waals surface area (Å²) in [6.07, 6.45) is 2.05. The lowest BCUT2D eigenvalue weighted by molar-refractivity contribution is 0.366. The van der Waals surface area contributed by atoms with Crippen molar-refractivity contribution in [2.24, 2.45) is 0 Å². The highest BCUT2D eigenvalue weighted by Crippen LogP contribution is 2.17. The molecule has 4 nitrogen and oxygen atoms in total. The number of benzene rings is 1. The molecule has 0 radical (unpaired) electrons. The standard InChI is InChI=1S/C14H15N3O/c1-10(2)14-15-13(18-16-14)9-17-8-7-11-5-3-4-6-12(11)17/h3-8,10H,9H2,1-2H3. The molecule has 1 aromatic carbocycles. The highest BCUT2D eigenvalue weighted by molar-refractivity contribution is 5.79. The van der Waals surface area contributed by atoms with Crippen LogP contribution in [0.25, 0.3) is 10.9 Å². The Morgan fingerprint density at radius 3 is 2.83 bits per heavy atom. The molecule has 2 aromatic heterocycles. The third-order valence-electron chi connectivity index (χ3n) is 2.99. The second-order valence-corrected chi connectivity index (χ2v) is 4.70. The molecule has 0 aliphatic heterocycles. The molecule has 0 N–H and O–H groups in total. The van der Waals surface area contributed by atoms with E-state index in [2.05, 4.69) is 46.8 Å². The molecule has 0 unspecified atom stereocenters. The van der Waals surface area contributed by atoms with E-state index in [-0.39, 0.29) is 0 Å². The minimum Gasteiger partial charge on any atom is -0.338 e. The molecule has 0 aliphatic carbocycles. The van der Waals surface area contributed by atoms with E-state index in [1.54, 1.807) is 0 Å². The summed E-state index contributed by atoms with van der Waals surface area (Å²) < 4.78 is 7.38. The van der Waals surface area contributed by atoms with Gasteiger partial charge in [0.2, 0.25) is 5.89 Å². The van der Waals surface area contributed by atoms with Crippen LogP contribution in [0.3, 0.4) is 0 Å². The van der Waals surface area contributed by atoms with Crippen molar-refractivity contribution >= 4 is 10.9 Å². The van der Waals surface area contributed by atoms with Crippen molar-refractivity contribution in [3.05, 3.63) is 48.2 Å². The Kier molecular flexibility index (Phi) is 2.63. The lowest BCUT2D eigenvalue weighted by Gasteiger charge is -2.00. The molecule has 0 atom stereocenters. The maximum atomic E-state index is 5.27. The molecule has 4 heteroatoms. The van der Waals surface area contributed by atoms with Crippen molar-refractivity contribution < 1.29 is 4.52 Å². The second kappa shape index (κ2) is 4.29. The van der Waals surface area contributed by atoms with Crippen LogP contribution in [0.2, 0.25) is 0 Å². The molecular formula is C14H15N3O. The van der Waals surface area contributed by atoms with E-state index in [9.17, 15) is 0 Å². The smallest absolute Gasteiger partial charge is 0.246 e. The average molecular weight is 241 g/mol. The molecule has 92 valence electrons. The van der Waals surface area contributed by atoms with Crippen molar-refractivity contribution in [2.45, 2.75) is 26.3 Å². The monoisotopic (exact) mass is 241 g/mol. The van der Waals surface area contributed by atoms with Crippen molar-refractivity contribution in [1.82, 2.24) is 14.7 Å². The Morgan fingerprint density at radius 1 is 1.22 bits per heavy atom. The minimum absolute atomic E-state index is 0.295. The largest absolute Gasteiger partial charge is 0.338 e. The van der Waals surface area contributed by atoms with Crippen molar-refractivity contribution in [3.8, 4) is 0 Å². The van der Waals surface area contributed by atoms with Crippen LogP contribution in [-0.4, -0.2) is 14.7 Å². The van der Waals surface area contributed by atoms with Crippen molar-refractivity contribution in [2.75, 3.05) is 0 Å². The first-order valence-electron chi connectivity index (χ1n) is 6.10. The van der Waals surface area contributed by atoms with Gasteiger partial charge in [-0.2, -0.15) is 4.98 Å². The maximum Gasteiger partial charge on any atom is 0.246 e. The quantitative estimate of drug-likeness (QED) is 0.707. The first-order valence-corrected chi connectivity index (χ1v) is 6.10. The first-order chi connectivity index (χ1) is 8.74. The van der Waals surface area contributed by atoms with Crippen LogP contribution < -0.4 is 0 Å². The van der Waals surface area contributed by atoms with Crippen LogP contribution in [-0.2, 0) is 6.54 Å². The second-order valence-electron chi connectivity index (χ2n) is 4.70. The molecular weight excluding hydrogens is 226 g/mol. The van der Waals surface area contributed by atoms with Gasteiger partial charge in [-0.1, -0.05) is 37.2 Å². The van der Waals surface area contributed by atoms with Crippen LogP contribution in [0.5, 0.6) is 0 Å². The molecule has 0 fully saturated rings. The third kappa shape index (κ3) is 1.90. The molecule has 2 heterocycles. The van der Waals surface area contributed by atoms with Crippen LogP contribution in [0.4, 0.5) is 0 Å². The van der Waals surface area contributed by atoms with Gasteiger partial charge in [-0.3, -0.25) is 0 Å². The Bertz CT molecular complexity index is 666. The van der Waals surface area contributed by atoms with E-state index in [1.165, 1.54) is 10.9 Å². The Balaban J connectivity index is 1.91. The molecule has 0 saturated heterocycles. The Labute approximate surface area is 105 Å². The van der Waals surface area contributed by atoms with E-state index in [0.29, 0.717) is 18.4 Å². The molecule has 3 rings (SSSR count). The lowest BCUT2D eigenvalue weighted by atomic mass is 10.2. The van der Waals surface area contributed by atoms with Crippen LogP contribution in [0, 0.1) is 0 Å². The average Bonchev–Trinajstić information content (AvgIpc) is 2.98. The molecule has 0 spiro atoms. The van der Waals surface area contributed by atoms with Gasteiger partial charge in [-0.05, 0) is 17.5 Å².